The van der Waals surface area contributed by atoms with Gasteiger partial charge in [-0.2, -0.15) is 5.10 Å². The van der Waals surface area contributed by atoms with Crippen molar-refractivity contribution >= 4 is 11.7 Å². The Kier molecular flexibility index (Phi) is 5.22. The number of carbonyl (C=O) groups excluding carboxylic acids is 1. The van der Waals surface area contributed by atoms with Gasteiger partial charge >= 0.3 is 5.97 Å². The van der Waals surface area contributed by atoms with Gasteiger partial charge in [0.25, 0.3) is 0 Å². The Bertz CT molecular complexity index is 826. The second-order valence-corrected chi connectivity index (χ2v) is 10.0. The van der Waals surface area contributed by atoms with Gasteiger partial charge in [0, 0.05) is 23.6 Å². The third kappa shape index (κ3) is 3.94. The lowest BCUT2D eigenvalue weighted by Gasteiger charge is -2.42. The van der Waals surface area contributed by atoms with Gasteiger partial charge in [-0.05, 0) is 50.7 Å². The summed E-state index contributed by atoms with van der Waals surface area (Å²) in [6, 6.07) is 7.32. The minimum absolute atomic E-state index is 0.0251. The molecule has 1 aromatic carbocycles. The van der Waals surface area contributed by atoms with E-state index in [1.54, 1.807) is 0 Å². The first-order valence-corrected chi connectivity index (χ1v) is 11.0. The summed E-state index contributed by atoms with van der Waals surface area (Å²) in [5, 5.41) is 11.2. The number of nitrogens with zero attached hydrogens (tertiary/aromatic N) is 2. The van der Waals surface area contributed by atoms with Crippen LogP contribution in [0.3, 0.4) is 0 Å². The van der Waals surface area contributed by atoms with Gasteiger partial charge in [0.2, 0.25) is 0 Å². The summed E-state index contributed by atoms with van der Waals surface area (Å²) in [6.07, 6.45) is 3.06. The summed E-state index contributed by atoms with van der Waals surface area (Å²) in [5.41, 5.74) is 5.29. The fourth-order valence-corrected chi connectivity index (χ4v) is 5.02. The van der Waals surface area contributed by atoms with Gasteiger partial charge in [-0.1, -0.05) is 44.5 Å². The number of carbonyl (C=O) groups is 1. The molecule has 1 saturated carbocycles. The maximum absolute atomic E-state index is 12.2. The predicted octanol–water partition coefficient (Wildman–Crippen LogP) is 4.34. The van der Waals surface area contributed by atoms with Crippen LogP contribution in [0.25, 0.3) is 0 Å². The van der Waals surface area contributed by atoms with Crippen molar-refractivity contribution in [2.75, 3.05) is 6.61 Å². The van der Waals surface area contributed by atoms with Crippen molar-refractivity contribution in [3.63, 3.8) is 0 Å². The molecule has 0 aromatic heterocycles. The zero-order valence-electron chi connectivity index (χ0n) is 18.7. The van der Waals surface area contributed by atoms with E-state index in [0.717, 1.165) is 19.3 Å². The number of esters is 1. The second kappa shape index (κ2) is 7.42. The molecule has 29 heavy (non-hydrogen) atoms. The molecular weight excluding hydrogens is 362 g/mol. The Hall–Kier alpha value is -1.88. The Balaban J connectivity index is 1.61. The first-order chi connectivity index (χ1) is 13.7. The summed E-state index contributed by atoms with van der Waals surface area (Å²) in [5.74, 6) is 0.411. The van der Waals surface area contributed by atoms with Crippen molar-refractivity contribution < 1.29 is 9.53 Å². The van der Waals surface area contributed by atoms with E-state index in [-0.39, 0.29) is 29.5 Å². The van der Waals surface area contributed by atoms with Crippen molar-refractivity contribution in [1.29, 1.82) is 0 Å². The van der Waals surface area contributed by atoms with Crippen LogP contribution in [0.2, 0.25) is 0 Å². The average molecular weight is 398 g/mol. The molecule has 1 aliphatic carbocycles. The average Bonchev–Trinajstić information content (AvgIpc) is 3.31. The number of fused-ring (bicyclic) bond motifs is 1. The normalized spacial score (nSPS) is 31.3. The van der Waals surface area contributed by atoms with Crippen LogP contribution in [0.4, 0.5) is 0 Å². The van der Waals surface area contributed by atoms with Gasteiger partial charge in [0.15, 0.2) is 0 Å². The van der Waals surface area contributed by atoms with Crippen LogP contribution >= 0.6 is 0 Å². The van der Waals surface area contributed by atoms with Crippen LogP contribution in [0.15, 0.2) is 23.3 Å². The first-order valence-electron chi connectivity index (χ1n) is 11.0. The number of hydrogen-bond donors (Lipinski definition) is 1. The summed E-state index contributed by atoms with van der Waals surface area (Å²) < 4.78 is 5.28. The van der Waals surface area contributed by atoms with E-state index in [4.69, 9.17) is 9.84 Å². The smallest absolute Gasteiger partial charge is 0.309 e. The molecule has 2 aliphatic heterocycles. The molecule has 2 fully saturated rings. The van der Waals surface area contributed by atoms with E-state index in [0.29, 0.717) is 18.6 Å². The summed E-state index contributed by atoms with van der Waals surface area (Å²) in [7, 11) is 0. The molecule has 4 rings (SSSR count). The Morgan fingerprint density at radius 3 is 2.69 bits per heavy atom. The van der Waals surface area contributed by atoms with Gasteiger partial charge in [-0.15, -0.1) is 0 Å². The fourth-order valence-electron chi connectivity index (χ4n) is 5.02. The minimum atomic E-state index is -0.0251. The summed E-state index contributed by atoms with van der Waals surface area (Å²) in [6.45, 7) is 13.4. The molecule has 5 heteroatoms. The van der Waals surface area contributed by atoms with E-state index in [1.807, 2.05) is 6.92 Å². The molecule has 5 atom stereocenters. The van der Waals surface area contributed by atoms with Gasteiger partial charge in [-0.3, -0.25) is 15.1 Å². The second-order valence-electron chi connectivity index (χ2n) is 10.0. The van der Waals surface area contributed by atoms with Crippen molar-refractivity contribution in [1.82, 2.24) is 10.3 Å². The maximum Gasteiger partial charge on any atom is 0.309 e. The molecule has 5 unspecified atom stereocenters. The largest absolute Gasteiger partial charge is 0.466 e. The number of nitrogens with one attached hydrogen (secondary N) is 1. The van der Waals surface area contributed by atoms with Crippen molar-refractivity contribution in [2.24, 2.45) is 22.4 Å². The van der Waals surface area contributed by atoms with Gasteiger partial charge < -0.3 is 4.74 Å². The quantitative estimate of drug-likeness (QED) is 0.768. The molecular formula is C24H35N3O2. The van der Waals surface area contributed by atoms with E-state index in [2.05, 4.69) is 63.1 Å². The molecule has 0 radical (unpaired) electrons. The number of hydrogen-bond acceptors (Lipinski definition) is 5. The Morgan fingerprint density at radius 1 is 1.28 bits per heavy atom. The lowest BCUT2D eigenvalue weighted by molar-refractivity contribution is -0.145. The topological polar surface area (TPSA) is 53.9 Å². The zero-order valence-corrected chi connectivity index (χ0v) is 18.7. The standard InChI is InChI=1S/C24H35N3O2/c1-7-29-23(28)18-11-17(18)19-12-20(16-9-8-14(2)10-15(16)3)27-22(25-19)13-21(26-27)24(4,5)6/h8-10,17-20,22,25H,7,11-13H2,1-6H3. The first kappa shape index (κ1) is 20.4. The van der Waals surface area contributed by atoms with Crippen LogP contribution in [-0.2, 0) is 9.53 Å². The monoisotopic (exact) mass is 397 g/mol. The van der Waals surface area contributed by atoms with Crippen LogP contribution in [0.1, 0.15) is 69.7 Å². The molecule has 0 bridgehead atoms. The number of aryl methyl sites for hydroxylation is 2. The van der Waals surface area contributed by atoms with E-state index in [9.17, 15) is 4.79 Å². The highest BCUT2D eigenvalue weighted by Crippen LogP contribution is 2.48. The summed E-state index contributed by atoms with van der Waals surface area (Å²) >= 11 is 0. The highest BCUT2D eigenvalue weighted by Gasteiger charge is 2.53. The number of ether oxygens (including phenoxy) is 1. The Labute approximate surface area is 174 Å². The van der Waals surface area contributed by atoms with E-state index in [1.165, 1.54) is 22.4 Å². The van der Waals surface area contributed by atoms with Gasteiger partial charge in [0.05, 0.1) is 18.6 Å². The fraction of sp³-hybridized carbons (Fsp3) is 0.667. The third-order valence-corrected chi connectivity index (χ3v) is 6.74. The molecule has 1 aromatic rings. The number of benzene rings is 1. The molecule has 1 saturated heterocycles. The maximum atomic E-state index is 12.2. The lowest BCUT2D eigenvalue weighted by Crippen LogP contribution is -2.54. The van der Waals surface area contributed by atoms with Crippen molar-refractivity contribution in [3.05, 3.63) is 34.9 Å². The molecule has 1 N–H and O–H groups in total. The highest BCUT2D eigenvalue weighted by atomic mass is 16.5. The van der Waals surface area contributed by atoms with Crippen LogP contribution in [-0.4, -0.2) is 35.5 Å². The van der Waals surface area contributed by atoms with Gasteiger partial charge in [0.1, 0.15) is 6.17 Å². The SMILES string of the molecule is CCOC(=O)C1CC1C1CC(c2ccc(C)cc2C)N2N=C(C(C)(C)C)CC2N1. The van der Waals surface area contributed by atoms with Crippen LogP contribution < -0.4 is 5.32 Å². The number of rotatable bonds is 4. The molecule has 0 amide bonds. The van der Waals surface area contributed by atoms with Crippen molar-refractivity contribution in [3.8, 4) is 0 Å². The molecule has 158 valence electrons. The molecule has 0 spiro atoms. The van der Waals surface area contributed by atoms with E-state index < -0.39 is 0 Å². The minimum Gasteiger partial charge on any atom is -0.466 e. The molecule has 5 nitrogen and oxygen atoms in total. The predicted molar refractivity (Wildman–Crippen MR) is 116 cm³/mol. The number of hydrazone groups is 1. The lowest BCUT2D eigenvalue weighted by atomic mass is 9.86. The van der Waals surface area contributed by atoms with Crippen molar-refractivity contribution in [2.45, 2.75) is 79.1 Å². The Morgan fingerprint density at radius 2 is 2.03 bits per heavy atom. The van der Waals surface area contributed by atoms with Crippen LogP contribution in [0.5, 0.6) is 0 Å². The highest BCUT2D eigenvalue weighted by molar-refractivity contribution is 5.90. The third-order valence-electron chi connectivity index (χ3n) is 6.74. The van der Waals surface area contributed by atoms with E-state index >= 15 is 0 Å². The molecule has 3 aliphatic rings. The van der Waals surface area contributed by atoms with Crippen LogP contribution in [0, 0.1) is 31.1 Å². The van der Waals surface area contributed by atoms with Gasteiger partial charge in [-0.25, -0.2) is 0 Å². The molecule has 2 heterocycles. The zero-order chi connectivity index (χ0) is 20.9. The summed E-state index contributed by atoms with van der Waals surface area (Å²) in [4.78, 5) is 12.2.